The molecule has 0 bridgehead atoms. The van der Waals surface area contributed by atoms with Crippen molar-refractivity contribution in [1.82, 2.24) is 78.4 Å². The summed E-state index contributed by atoms with van der Waals surface area (Å²) in [7, 11) is 0. The smallest absolute Gasteiger partial charge is 0.326 e. The topological polar surface area (TPSA) is 636 Å². The number of hydrogen-bond donors (Lipinski definition) is 24. The standard InChI is InChI=1S/C68H101N23O15S2/c1-34(2)23-47(60(99)81-35(3)55(94)83-45(18-11-21-76-67(71)72)59(98)90-53(32-108)65(104)89-51(66(105)106)25-38-29-79-44-17-8-6-14-41(38)44)87-61(100)48(24-37-28-78-43-16-7-5-13-40(37)43)85-56(95)36(4)82-64(103)52(31-107)91-63(102)50(27-54(92)93)88-58(97)46(19-12-22-77-68(73)74)84-62(101)49(26-39-30-75-33-80-39)86-57(96)42(70)15-9-10-20-69/h5-8,13-14,16-17,28-30,33-36,42,45-53,78-79,107-108H,9-12,15,18-27,31-32,69-70H2,1-4H3,(H,75,80)(H,81,99)(H,82,103)(H,83,94)(H,84,101)(H,85,95)(H,86,96)(H,87,100)(H,88,97)(H,89,104)(H,90,98)(H,91,102)(H,92,93)(H,105,106)(H4,71,72,76)(H4,73,74,77)/t35-,36-,42-,45-,46-,47-,48-,49-,50-,51-,52-,53-/m0/s1. The predicted octanol–water partition coefficient (Wildman–Crippen LogP) is -4.20. The van der Waals surface area contributed by atoms with Gasteiger partial charge in [-0.15, -0.1) is 0 Å². The molecule has 0 unspecified atom stereocenters. The molecule has 0 fully saturated rings. The number of unbranched alkanes of at least 4 members (excludes halogenated alkanes) is 1. The molecule has 40 heteroatoms. The number of aromatic amines is 3. The molecule has 5 rings (SSSR count). The quantitative estimate of drug-likeness (QED) is 0.00760. The average molecular weight is 1540 g/mol. The van der Waals surface area contributed by atoms with E-state index >= 15 is 0 Å². The summed E-state index contributed by atoms with van der Waals surface area (Å²) in [5.74, 6) is -14.8. The van der Waals surface area contributed by atoms with Crippen LogP contribution in [0, 0.1) is 5.92 Å². The number of amides is 11. The number of carbonyl (C=O) groups excluding carboxylic acids is 11. The van der Waals surface area contributed by atoms with E-state index in [-0.39, 0.29) is 94.5 Å². The number of carboxylic acids is 2. The maximum atomic E-state index is 14.7. The molecule has 12 atom stereocenters. The van der Waals surface area contributed by atoms with Crippen LogP contribution < -0.4 is 92.9 Å². The highest BCUT2D eigenvalue weighted by Crippen LogP contribution is 2.22. The lowest BCUT2D eigenvalue weighted by atomic mass is 10.00. The van der Waals surface area contributed by atoms with Crippen LogP contribution in [0.4, 0.5) is 0 Å². The number of benzene rings is 2. The van der Waals surface area contributed by atoms with Gasteiger partial charge in [0.1, 0.15) is 66.5 Å². The Morgan fingerprint density at radius 1 is 0.463 bits per heavy atom. The highest BCUT2D eigenvalue weighted by molar-refractivity contribution is 7.80. The number of guanidine groups is 2. The Morgan fingerprint density at radius 2 is 0.861 bits per heavy atom. The van der Waals surface area contributed by atoms with Gasteiger partial charge in [0.25, 0.3) is 0 Å². The van der Waals surface area contributed by atoms with Gasteiger partial charge in [-0.3, -0.25) is 67.5 Å². The van der Waals surface area contributed by atoms with E-state index in [1.807, 2.05) is 0 Å². The first-order valence-corrected chi connectivity index (χ1v) is 36.2. The lowest BCUT2D eigenvalue weighted by Gasteiger charge is -2.27. The number of aliphatic carboxylic acids is 2. The number of H-pyrrole nitrogens is 3. The second-order valence-corrected chi connectivity index (χ2v) is 26.9. The van der Waals surface area contributed by atoms with Gasteiger partial charge in [-0.2, -0.15) is 25.3 Å². The van der Waals surface area contributed by atoms with Crippen LogP contribution in [-0.4, -0.2) is 223 Å². The van der Waals surface area contributed by atoms with E-state index in [1.165, 1.54) is 26.4 Å². The molecule has 0 aliphatic carbocycles. The van der Waals surface area contributed by atoms with Crippen molar-refractivity contribution in [3.63, 3.8) is 0 Å². The fraction of sp³-hybridized carbons (Fsp3) is 0.500. The van der Waals surface area contributed by atoms with E-state index in [4.69, 9.17) is 34.4 Å². The maximum absolute atomic E-state index is 14.7. The number of aromatic nitrogens is 4. The minimum absolute atomic E-state index is 0.0130. The van der Waals surface area contributed by atoms with Crippen molar-refractivity contribution in [2.24, 2.45) is 50.3 Å². The molecule has 0 saturated heterocycles. The molecule has 108 heavy (non-hydrogen) atoms. The number of rotatable bonds is 47. The predicted molar refractivity (Wildman–Crippen MR) is 407 cm³/mol. The summed E-state index contributed by atoms with van der Waals surface area (Å²) in [6, 6.07) is -3.24. The molecule has 11 amide bonds. The summed E-state index contributed by atoms with van der Waals surface area (Å²) in [5.41, 5.74) is 36.8. The molecule has 5 aromatic rings. The first-order valence-electron chi connectivity index (χ1n) is 35.0. The first kappa shape index (κ1) is 87.6. The number of nitrogens with two attached hydrogens (primary N) is 6. The minimum Gasteiger partial charge on any atom is -0.481 e. The van der Waals surface area contributed by atoms with Gasteiger partial charge >= 0.3 is 11.9 Å². The molecular weight excluding hydrogens is 1440 g/mol. The minimum atomic E-state index is -1.92. The van der Waals surface area contributed by atoms with Crippen LogP contribution >= 0.6 is 25.3 Å². The zero-order chi connectivity index (χ0) is 79.7. The van der Waals surface area contributed by atoms with Crippen LogP contribution in [0.15, 0.2) is 83.4 Å². The Morgan fingerprint density at radius 3 is 1.32 bits per heavy atom. The summed E-state index contributed by atoms with van der Waals surface area (Å²) in [6.07, 6.45) is 5.66. The number of imidazole rings is 1. The van der Waals surface area contributed by atoms with E-state index in [1.54, 1.807) is 74.8 Å². The summed E-state index contributed by atoms with van der Waals surface area (Å²) in [5, 5.41) is 49.3. The number of carbonyl (C=O) groups is 13. The largest absolute Gasteiger partial charge is 0.481 e. The van der Waals surface area contributed by atoms with Gasteiger partial charge in [0, 0.05) is 89.9 Å². The van der Waals surface area contributed by atoms with Crippen LogP contribution in [0.1, 0.15) is 102 Å². The van der Waals surface area contributed by atoms with Crippen molar-refractivity contribution < 1.29 is 72.5 Å². The Balaban J connectivity index is 1.30. The fourth-order valence-electron chi connectivity index (χ4n) is 11.2. The van der Waals surface area contributed by atoms with Gasteiger partial charge in [0.15, 0.2) is 11.9 Å². The molecule has 0 aliphatic rings. The average Bonchev–Trinajstić information content (AvgIpc) is 1.63. The molecular formula is C68H101N23O15S2. The van der Waals surface area contributed by atoms with Crippen LogP contribution in [0.25, 0.3) is 21.8 Å². The SMILES string of the molecule is CC(C)C[C@H](NC(=O)[C@H](Cc1c[nH]c2ccccc12)NC(=O)[C@H](C)NC(=O)[C@H](CS)NC(=O)[C@H](CC(=O)O)NC(=O)[C@H](CCCN=C(N)N)NC(=O)[C@H](Cc1cnc[nH]1)NC(=O)[C@@H](N)CCCCN)C(=O)N[C@@H](C)C(=O)N[C@@H](CCCN=C(N)N)C(=O)N[C@@H](CS)C(=O)N[C@@H](Cc1c[nH]c2ccccc12)C(=O)O. The summed E-state index contributed by atoms with van der Waals surface area (Å²) >= 11 is 8.49. The second kappa shape index (κ2) is 44.2. The van der Waals surface area contributed by atoms with Crippen molar-refractivity contribution in [3.8, 4) is 0 Å². The number of carboxylic acid groups (broad SMARTS) is 2. The zero-order valence-corrected chi connectivity index (χ0v) is 62.1. The van der Waals surface area contributed by atoms with Gasteiger partial charge in [0.2, 0.25) is 65.0 Å². The summed E-state index contributed by atoms with van der Waals surface area (Å²) in [6.45, 7) is 6.41. The van der Waals surface area contributed by atoms with Gasteiger partial charge in [-0.05, 0) is 94.5 Å². The molecule has 0 saturated carbocycles. The molecule has 28 N–H and O–H groups in total. The zero-order valence-electron chi connectivity index (χ0n) is 60.4. The highest BCUT2D eigenvalue weighted by Gasteiger charge is 2.37. The molecule has 38 nitrogen and oxygen atoms in total. The molecule has 3 aromatic heterocycles. The molecule has 590 valence electrons. The third-order valence-corrected chi connectivity index (χ3v) is 17.7. The van der Waals surface area contributed by atoms with Gasteiger partial charge in [-0.25, -0.2) is 9.78 Å². The number of fused-ring (bicyclic) bond motifs is 2. The van der Waals surface area contributed by atoms with E-state index in [2.05, 4.69) is 114 Å². The third-order valence-electron chi connectivity index (χ3n) is 17.0. The van der Waals surface area contributed by atoms with Crippen molar-refractivity contribution in [2.45, 2.75) is 177 Å². The molecule has 3 heterocycles. The molecule has 2 aromatic carbocycles. The normalized spacial score (nSPS) is 14.5. The Labute approximate surface area is 633 Å². The number of nitrogens with zero attached hydrogens (tertiary/aromatic N) is 3. The Bertz CT molecular complexity index is 3960. The number of nitrogens with one attached hydrogen (secondary N) is 14. The van der Waals surface area contributed by atoms with Crippen molar-refractivity contribution in [1.29, 1.82) is 0 Å². The monoisotopic (exact) mass is 1540 g/mol. The van der Waals surface area contributed by atoms with E-state index in [0.717, 1.165) is 10.9 Å². The van der Waals surface area contributed by atoms with Gasteiger partial charge in [0.05, 0.1) is 18.8 Å². The van der Waals surface area contributed by atoms with Gasteiger partial charge < -0.3 is 118 Å². The van der Waals surface area contributed by atoms with Crippen LogP contribution in [0.5, 0.6) is 0 Å². The number of hydrogen-bond acceptors (Lipinski definition) is 20. The van der Waals surface area contributed by atoms with Crippen LogP contribution in [0.3, 0.4) is 0 Å². The lowest BCUT2D eigenvalue weighted by molar-refractivity contribution is -0.142. The highest BCUT2D eigenvalue weighted by atomic mass is 32.1. The van der Waals surface area contributed by atoms with Crippen LogP contribution in [0.2, 0.25) is 0 Å². The molecule has 0 radical (unpaired) electrons. The number of para-hydroxylation sites is 2. The third kappa shape index (κ3) is 28.7. The summed E-state index contributed by atoms with van der Waals surface area (Å²) in [4.78, 5) is 200. The van der Waals surface area contributed by atoms with E-state index in [0.29, 0.717) is 47.1 Å². The lowest BCUT2D eigenvalue weighted by Crippen LogP contribution is -2.61. The van der Waals surface area contributed by atoms with Crippen LogP contribution in [-0.2, 0) is 81.6 Å². The molecule has 0 aliphatic heterocycles. The van der Waals surface area contributed by atoms with Crippen molar-refractivity contribution in [2.75, 3.05) is 31.1 Å². The second-order valence-electron chi connectivity index (χ2n) is 26.1. The maximum Gasteiger partial charge on any atom is 0.326 e. The summed E-state index contributed by atoms with van der Waals surface area (Å²) < 4.78 is 0. The van der Waals surface area contributed by atoms with Crippen molar-refractivity contribution >= 4 is 136 Å². The van der Waals surface area contributed by atoms with E-state index in [9.17, 15) is 72.5 Å². The number of thiol groups is 2. The fourth-order valence-corrected chi connectivity index (χ4v) is 11.7. The number of aliphatic imine (C=N–C) groups is 2. The van der Waals surface area contributed by atoms with Gasteiger partial charge in [-0.1, -0.05) is 56.7 Å². The van der Waals surface area contributed by atoms with Crippen molar-refractivity contribution in [3.05, 3.63) is 90.3 Å². The Kier molecular flexibility index (Phi) is 35.9. The Hall–Kier alpha value is -11.0. The first-order chi connectivity index (χ1) is 51.3. The van der Waals surface area contributed by atoms with E-state index < -0.39 is 162 Å². The molecule has 0 spiro atoms.